The number of esters is 1. The molecule has 1 heterocycles. The molecule has 0 bridgehead atoms. The van der Waals surface area contributed by atoms with Crippen LogP contribution in [0, 0.1) is 0 Å². The summed E-state index contributed by atoms with van der Waals surface area (Å²) in [6, 6.07) is 0. The fourth-order valence-corrected chi connectivity index (χ4v) is 1.90. The normalized spacial score (nSPS) is 10.4. The average molecular weight is 242 g/mol. The monoisotopic (exact) mass is 242 g/mol. The van der Waals surface area contributed by atoms with Crippen LogP contribution in [0.5, 0.6) is 0 Å². The van der Waals surface area contributed by atoms with Crippen molar-refractivity contribution in [1.29, 1.82) is 0 Å². The van der Waals surface area contributed by atoms with Gasteiger partial charge < -0.3 is 4.74 Å². The Morgan fingerprint density at radius 2 is 2.38 bits per heavy atom. The summed E-state index contributed by atoms with van der Waals surface area (Å²) in [6.07, 6.45) is 4.38. The van der Waals surface area contributed by atoms with Gasteiger partial charge in [-0.1, -0.05) is 6.92 Å². The molecule has 0 saturated heterocycles. The second-order valence-electron chi connectivity index (χ2n) is 3.26. The summed E-state index contributed by atoms with van der Waals surface area (Å²) in [5.41, 5.74) is 0.532. The van der Waals surface area contributed by atoms with Gasteiger partial charge in [0.25, 0.3) is 0 Å². The zero-order valence-electron chi connectivity index (χ0n) is 9.81. The minimum Gasteiger partial charge on any atom is -0.462 e. The van der Waals surface area contributed by atoms with Crippen molar-refractivity contribution in [1.82, 2.24) is 9.78 Å². The highest BCUT2D eigenvalue weighted by Crippen LogP contribution is 2.04. The van der Waals surface area contributed by atoms with E-state index in [0.717, 1.165) is 24.5 Å². The number of carbonyl (C=O) groups excluding carboxylic acids is 1. The predicted octanol–water partition coefficient (Wildman–Crippen LogP) is 2.20. The molecule has 5 heteroatoms. The summed E-state index contributed by atoms with van der Waals surface area (Å²) in [5.74, 6) is 1.98. The first-order valence-electron chi connectivity index (χ1n) is 5.55. The predicted molar refractivity (Wildman–Crippen MR) is 65.8 cm³/mol. The lowest BCUT2D eigenvalue weighted by atomic mass is 10.4. The molecule has 1 aromatic rings. The van der Waals surface area contributed by atoms with E-state index in [4.69, 9.17) is 4.74 Å². The molecular weight excluding hydrogens is 224 g/mol. The van der Waals surface area contributed by atoms with Crippen LogP contribution in [0.1, 0.15) is 30.6 Å². The van der Waals surface area contributed by atoms with Gasteiger partial charge in [0.15, 0.2) is 0 Å². The fourth-order valence-electron chi connectivity index (χ4n) is 1.28. The number of nitrogens with zero attached hydrogens (tertiary/aromatic N) is 2. The molecule has 0 saturated carbocycles. The first-order chi connectivity index (χ1) is 7.77. The van der Waals surface area contributed by atoms with Crippen LogP contribution >= 0.6 is 11.8 Å². The fraction of sp³-hybridized carbons (Fsp3) is 0.636. The van der Waals surface area contributed by atoms with Crippen molar-refractivity contribution in [3.05, 3.63) is 18.0 Å². The molecule has 16 heavy (non-hydrogen) atoms. The van der Waals surface area contributed by atoms with Gasteiger partial charge in [-0.05, 0) is 24.9 Å². The van der Waals surface area contributed by atoms with Gasteiger partial charge in [0.05, 0.1) is 18.4 Å². The van der Waals surface area contributed by atoms with Crippen LogP contribution in [-0.4, -0.2) is 33.9 Å². The highest BCUT2D eigenvalue weighted by Gasteiger charge is 2.08. The maximum Gasteiger partial charge on any atom is 0.341 e. The minimum absolute atomic E-state index is 0.295. The van der Waals surface area contributed by atoms with Gasteiger partial charge in [-0.15, -0.1) is 0 Å². The highest BCUT2D eigenvalue weighted by molar-refractivity contribution is 7.99. The molecule has 0 fully saturated rings. The molecule has 0 unspecified atom stereocenters. The first-order valence-corrected chi connectivity index (χ1v) is 6.70. The SMILES string of the molecule is CCOC(=O)c1cnn(CCCSCC)c1. The third-order valence-electron chi connectivity index (χ3n) is 2.02. The molecule has 0 aliphatic rings. The van der Waals surface area contributed by atoms with Crippen LogP contribution < -0.4 is 0 Å². The molecule has 0 spiro atoms. The molecule has 1 rings (SSSR count). The number of hydrogen-bond acceptors (Lipinski definition) is 4. The van der Waals surface area contributed by atoms with E-state index in [1.165, 1.54) is 0 Å². The summed E-state index contributed by atoms with van der Waals surface area (Å²) < 4.78 is 6.68. The smallest absolute Gasteiger partial charge is 0.341 e. The number of rotatable bonds is 7. The number of aromatic nitrogens is 2. The topological polar surface area (TPSA) is 44.1 Å². The van der Waals surface area contributed by atoms with E-state index in [1.807, 2.05) is 11.8 Å². The highest BCUT2D eigenvalue weighted by atomic mass is 32.2. The molecule has 0 radical (unpaired) electrons. The Bertz CT molecular complexity index is 326. The summed E-state index contributed by atoms with van der Waals surface area (Å²) in [6.45, 7) is 5.20. The molecule has 0 aromatic carbocycles. The Hall–Kier alpha value is -0.970. The van der Waals surface area contributed by atoms with Crippen LogP contribution in [0.4, 0.5) is 0 Å². The lowest BCUT2D eigenvalue weighted by Gasteiger charge is -2.00. The minimum atomic E-state index is -0.295. The first kappa shape index (κ1) is 13.1. The average Bonchev–Trinajstić information content (AvgIpc) is 2.73. The quantitative estimate of drug-likeness (QED) is 0.543. The van der Waals surface area contributed by atoms with E-state index in [-0.39, 0.29) is 5.97 Å². The Labute approximate surface area is 100 Å². The zero-order chi connectivity index (χ0) is 11.8. The largest absolute Gasteiger partial charge is 0.462 e. The van der Waals surface area contributed by atoms with E-state index in [0.29, 0.717) is 12.2 Å². The lowest BCUT2D eigenvalue weighted by molar-refractivity contribution is 0.0526. The van der Waals surface area contributed by atoms with Crippen molar-refractivity contribution < 1.29 is 9.53 Å². The van der Waals surface area contributed by atoms with Crippen LogP contribution in [-0.2, 0) is 11.3 Å². The molecule has 4 nitrogen and oxygen atoms in total. The Kier molecular flexibility index (Phi) is 6.00. The molecule has 90 valence electrons. The van der Waals surface area contributed by atoms with Gasteiger partial charge in [0, 0.05) is 12.7 Å². The third-order valence-corrected chi connectivity index (χ3v) is 3.01. The lowest BCUT2D eigenvalue weighted by Crippen LogP contribution is -2.03. The van der Waals surface area contributed by atoms with E-state index < -0.39 is 0 Å². The van der Waals surface area contributed by atoms with Crippen molar-refractivity contribution in [3.8, 4) is 0 Å². The van der Waals surface area contributed by atoms with Gasteiger partial charge in [-0.25, -0.2) is 4.79 Å². The maximum absolute atomic E-state index is 11.4. The van der Waals surface area contributed by atoms with Crippen molar-refractivity contribution in [2.24, 2.45) is 0 Å². The number of ether oxygens (including phenoxy) is 1. The third kappa shape index (κ3) is 4.26. The Morgan fingerprint density at radius 3 is 3.06 bits per heavy atom. The number of aryl methyl sites for hydroxylation is 1. The molecule has 1 aromatic heterocycles. The standard InChI is InChI=1S/C11H18N2O2S/c1-3-15-11(14)10-8-12-13(9-10)6-5-7-16-4-2/h8-9H,3-7H2,1-2H3. The van der Waals surface area contributed by atoms with E-state index in [9.17, 15) is 4.79 Å². The number of carbonyl (C=O) groups is 1. The molecule has 0 aliphatic carbocycles. The molecule has 0 atom stereocenters. The molecular formula is C11H18N2O2S. The van der Waals surface area contributed by atoms with Crippen LogP contribution in [0.3, 0.4) is 0 Å². The van der Waals surface area contributed by atoms with Crippen molar-refractivity contribution in [3.63, 3.8) is 0 Å². The summed E-state index contributed by atoms with van der Waals surface area (Å²) in [5, 5.41) is 4.12. The van der Waals surface area contributed by atoms with Gasteiger partial charge >= 0.3 is 5.97 Å². The van der Waals surface area contributed by atoms with E-state index in [1.54, 1.807) is 24.0 Å². The van der Waals surface area contributed by atoms with Gasteiger partial charge in [0.2, 0.25) is 0 Å². The van der Waals surface area contributed by atoms with Gasteiger partial charge in [-0.3, -0.25) is 4.68 Å². The van der Waals surface area contributed by atoms with Gasteiger partial charge in [0.1, 0.15) is 0 Å². The summed E-state index contributed by atoms with van der Waals surface area (Å²) >= 11 is 1.92. The van der Waals surface area contributed by atoms with E-state index in [2.05, 4.69) is 12.0 Å². The second-order valence-corrected chi connectivity index (χ2v) is 4.66. The summed E-state index contributed by atoms with van der Waals surface area (Å²) in [4.78, 5) is 11.4. The van der Waals surface area contributed by atoms with Crippen molar-refractivity contribution >= 4 is 17.7 Å². The van der Waals surface area contributed by atoms with Crippen LogP contribution in [0.2, 0.25) is 0 Å². The van der Waals surface area contributed by atoms with Crippen LogP contribution in [0.25, 0.3) is 0 Å². The maximum atomic E-state index is 11.4. The molecule has 0 amide bonds. The zero-order valence-corrected chi connectivity index (χ0v) is 10.6. The summed E-state index contributed by atoms with van der Waals surface area (Å²) in [7, 11) is 0. The number of hydrogen-bond donors (Lipinski definition) is 0. The second kappa shape index (κ2) is 7.33. The van der Waals surface area contributed by atoms with Gasteiger partial charge in [-0.2, -0.15) is 16.9 Å². The van der Waals surface area contributed by atoms with Crippen molar-refractivity contribution in [2.75, 3.05) is 18.1 Å². The van der Waals surface area contributed by atoms with E-state index >= 15 is 0 Å². The molecule has 0 aliphatic heterocycles. The Balaban J connectivity index is 2.36. The molecule has 0 N–H and O–H groups in total. The van der Waals surface area contributed by atoms with Crippen LogP contribution in [0.15, 0.2) is 12.4 Å². The van der Waals surface area contributed by atoms with Crippen molar-refractivity contribution in [2.45, 2.75) is 26.8 Å². The Morgan fingerprint density at radius 1 is 1.56 bits per heavy atom. The number of thioether (sulfide) groups is 1.